The molecule has 110 valence electrons. The van der Waals surface area contributed by atoms with Crippen LogP contribution in [0.2, 0.25) is 0 Å². The lowest BCUT2D eigenvalue weighted by molar-refractivity contribution is -0.203. The van der Waals surface area contributed by atoms with Gasteiger partial charge in [-0.2, -0.15) is 13.2 Å². The fourth-order valence-corrected chi connectivity index (χ4v) is 1.20. The van der Waals surface area contributed by atoms with Crippen LogP contribution in [0.3, 0.4) is 0 Å². The summed E-state index contributed by atoms with van der Waals surface area (Å²) in [6.45, 7) is 6.98. The molecule has 0 rings (SSSR count). The van der Waals surface area contributed by atoms with Crippen molar-refractivity contribution in [2.75, 3.05) is 6.54 Å². The van der Waals surface area contributed by atoms with Gasteiger partial charge in [0.2, 0.25) is 5.54 Å². The van der Waals surface area contributed by atoms with Crippen LogP contribution in [0.5, 0.6) is 0 Å². The first-order chi connectivity index (χ1) is 8.47. The fraction of sp³-hybridized carbons (Fsp3) is 0.636. The number of carboxylic acid groups (broad SMARTS) is 1. The Hall–Kier alpha value is -1.73. The number of hydrogen-bond acceptors (Lipinski definition) is 2. The van der Waals surface area contributed by atoms with Crippen molar-refractivity contribution >= 4 is 12.0 Å². The van der Waals surface area contributed by atoms with Gasteiger partial charge in [0.25, 0.3) is 0 Å². The third kappa shape index (κ3) is 3.87. The summed E-state index contributed by atoms with van der Waals surface area (Å²) in [5.41, 5.74) is -3.33. The molecule has 19 heavy (non-hydrogen) atoms. The van der Waals surface area contributed by atoms with Crippen LogP contribution in [0.15, 0.2) is 12.7 Å². The molecule has 1 atom stereocenters. The summed E-state index contributed by atoms with van der Waals surface area (Å²) in [6, 6.07) is -1.51. The van der Waals surface area contributed by atoms with Gasteiger partial charge in [-0.15, -0.1) is 6.58 Å². The van der Waals surface area contributed by atoms with Gasteiger partial charge >= 0.3 is 18.2 Å². The van der Waals surface area contributed by atoms with Gasteiger partial charge in [-0.05, 0) is 20.8 Å². The number of amides is 2. The average molecular weight is 282 g/mol. The second kappa shape index (κ2) is 5.94. The maximum atomic E-state index is 12.7. The van der Waals surface area contributed by atoms with Crippen LogP contribution in [0.4, 0.5) is 18.0 Å². The van der Waals surface area contributed by atoms with E-state index in [2.05, 4.69) is 6.58 Å². The first kappa shape index (κ1) is 17.3. The maximum Gasteiger partial charge on any atom is 0.422 e. The van der Waals surface area contributed by atoms with E-state index < -0.39 is 29.8 Å². The van der Waals surface area contributed by atoms with Crippen LogP contribution in [0.1, 0.15) is 20.8 Å². The highest BCUT2D eigenvalue weighted by molar-refractivity contribution is 5.87. The molecule has 0 aliphatic carbocycles. The van der Waals surface area contributed by atoms with E-state index in [0.717, 1.165) is 4.90 Å². The molecule has 0 spiro atoms. The van der Waals surface area contributed by atoms with E-state index in [0.29, 0.717) is 6.92 Å². The Balaban J connectivity index is 5.22. The van der Waals surface area contributed by atoms with Gasteiger partial charge in [-0.25, -0.2) is 9.59 Å². The van der Waals surface area contributed by atoms with Gasteiger partial charge in [-0.1, -0.05) is 6.08 Å². The van der Waals surface area contributed by atoms with Crippen LogP contribution in [0.25, 0.3) is 0 Å². The van der Waals surface area contributed by atoms with Gasteiger partial charge in [0.15, 0.2) is 0 Å². The molecule has 0 saturated carbocycles. The van der Waals surface area contributed by atoms with E-state index in [9.17, 15) is 22.8 Å². The van der Waals surface area contributed by atoms with Crippen LogP contribution in [0, 0.1) is 0 Å². The molecule has 8 heteroatoms. The molecule has 0 radical (unpaired) electrons. The second-order valence-electron chi connectivity index (χ2n) is 4.39. The third-order valence-corrected chi connectivity index (χ3v) is 2.56. The summed E-state index contributed by atoms with van der Waals surface area (Å²) in [6.07, 6.45) is -3.77. The molecule has 0 fully saturated rings. The van der Waals surface area contributed by atoms with Crippen molar-refractivity contribution in [2.24, 2.45) is 0 Å². The zero-order valence-corrected chi connectivity index (χ0v) is 10.9. The lowest BCUT2D eigenvalue weighted by Crippen LogP contribution is -2.64. The van der Waals surface area contributed by atoms with E-state index in [1.54, 1.807) is 13.8 Å². The molecule has 5 nitrogen and oxygen atoms in total. The molecule has 2 amide bonds. The summed E-state index contributed by atoms with van der Waals surface area (Å²) < 4.78 is 38.2. The van der Waals surface area contributed by atoms with Crippen molar-refractivity contribution in [3.63, 3.8) is 0 Å². The van der Waals surface area contributed by atoms with Gasteiger partial charge < -0.3 is 15.3 Å². The Labute approximate surface area is 109 Å². The molecule has 0 aromatic heterocycles. The highest BCUT2D eigenvalue weighted by atomic mass is 19.4. The Morgan fingerprint density at radius 1 is 1.42 bits per heavy atom. The van der Waals surface area contributed by atoms with Gasteiger partial charge in [0, 0.05) is 12.6 Å². The van der Waals surface area contributed by atoms with Crippen LogP contribution >= 0.6 is 0 Å². The van der Waals surface area contributed by atoms with Crippen molar-refractivity contribution in [3.05, 3.63) is 12.7 Å². The number of rotatable bonds is 5. The molecule has 2 N–H and O–H groups in total. The smallest absolute Gasteiger partial charge is 0.422 e. The van der Waals surface area contributed by atoms with Crippen LogP contribution in [-0.4, -0.2) is 46.3 Å². The largest absolute Gasteiger partial charge is 0.479 e. The van der Waals surface area contributed by atoms with Gasteiger partial charge in [0.1, 0.15) is 0 Å². The normalized spacial score (nSPS) is 14.7. The molecule has 0 aromatic rings. The fourth-order valence-electron chi connectivity index (χ4n) is 1.20. The van der Waals surface area contributed by atoms with Crippen molar-refractivity contribution < 1.29 is 27.9 Å². The number of carboxylic acids is 1. The Bertz CT molecular complexity index is 369. The highest BCUT2D eigenvalue weighted by Gasteiger charge is 2.58. The third-order valence-electron chi connectivity index (χ3n) is 2.56. The minimum atomic E-state index is -5.11. The minimum Gasteiger partial charge on any atom is -0.479 e. The summed E-state index contributed by atoms with van der Waals surface area (Å²) in [7, 11) is 0. The molecule has 0 aliphatic heterocycles. The van der Waals surface area contributed by atoms with E-state index in [4.69, 9.17) is 5.11 Å². The van der Waals surface area contributed by atoms with E-state index in [1.807, 2.05) is 0 Å². The lowest BCUT2D eigenvalue weighted by Gasteiger charge is -2.33. The number of halogens is 3. The highest BCUT2D eigenvalue weighted by Crippen LogP contribution is 2.30. The van der Waals surface area contributed by atoms with Crippen molar-refractivity contribution in [1.82, 2.24) is 10.2 Å². The monoisotopic (exact) mass is 282 g/mol. The van der Waals surface area contributed by atoms with Crippen molar-refractivity contribution in [2.45, 2.75) is 38.5 Å². The average Bonchev–Trinajstić information content (AvgIpc) is 2.22. The number of carbonyl (C=O) groups is 2. The molecule has 0 aromatic carbocycles. The molecule has 0 aliphatic rings. The topological polar surface area (TPSA) is 69.6 Å². The number of alkyl halides is 3. The molecule has 0 heterocycles. The Kier molecular flexibility index (Phi) is 5.40. The predicted octanol–water partition coefficient (Wildman–Crippen LogP) is 2.00. The number of carbonyl (C=O) groups excluding carboxylic acids is 1. The SMILES string of the molecule is C=CCN(C(=O)NC(C)(C(=O)O)C(F)(F)F)C(C)C. The summed E-state index contributed by atoms with van der Waals surface area (Å²) in [5.74, 6) is -2.17. The zero-order valence-electron chi connectivity index (χ0n) is 10.9. The summed E-state index contributed by atoms with van der Waals surface area (Å²) >= 11 is 0. The summed E-state index contributed by atoms with van der Waals surface area (Å²) in [4.78, 5) is 23.6. The predicted molar refractivity (Wildman–Crippen MR) is 62.7 cm³/mol. The first-order valence-electron chi connectivity index (χ1n) is 5.47. The number of hydrogen-bond donors (Lipinski definition) is 2. The Morgan fingerprint density at radius 3 is 2.16 bits per heavy atom. The van der Waals surface area contributed by atoms with E-state index >= 15 is 0 Å². The van der Waals surface area contributed by atoms with Crippen molar-refractivity contribution in [3.8, 4) is 0 Å². The number of nitrogens with zero attached hydrogens (tertiary/aromatic N) is 1. The van der Waals surface area contributed by atoms with Crippen molar-refractivity contribution in [1.29, 1.82) is 0 Å². The number of aliphatic carboxylic acids is 1. The quantitative estimate of drug-likeness (QED) is 0.758. The van der Waals surface area contributed by atoms with Gasteiger partial charge in [-0.3, -0.25) is 0 Å². The lowest BCUT2D eigenvalue weighted by atomic mass is 10.0. The molecule has 1 unspecified atom stereocenters. The minimum absolute atomic E-state index is 0.0110. The van der Waals surface area contributed by atoms with Crippen LogP contribution in [-0.2, 0) is 4.79 Å². The Morgan fingerprint density at radius 2 is 1.89 bits per heavy atom. The zero-order chi connectivity index (χ0) is 15.4. The van der Waals surface area contributed by atoms with E-state index in [1.165, 1.54) is 11.4 Å². The van der Waals surface area contributed by atoms with Gasteiger partial charge in [0.05, 0.1) is 0 Å². The van der Waals surface area contributed by atoms with E-state index in [-0.39, 0.29) is 6.54 Å². The van der Waals surface area contributed by atoms with Crippen LogP contribution < -0.4 is 5.32 Å². The number of urea groups is 1. The second-order valence-corrected chi connectivity index (χ2v) is 4.39. The first-order valence-corrected chi connectivity index (χ1v) is 5.47. The molecular formula is C11H17F3N2O3. The number of nitrogens with one attached hydrogen (secondary N) is 1. The molecule has 0 bridgehead atoms. The molecular weight excluding hydrogens is 265 g/mol. The maximum absolute atomic E-state index is 12.7. The molecule has 0 saturated heterocycles. The summed E-state index contributed by atoms with van der Waals surface area (Å²) in [5, 5.41) is 10.2. The standard InChI is InChI=1S/C11H17F3N2O3/c1-5-6-16(7(2)3)9(19)15-10(4,8(17)18)11(12,13)14/h5,7H,1,6H2,2-4H3,(H,15,19)(H,17,18).